The molecule has 0 aliphatic heterocycles. The maximum absolute atomic E-state index is 12.2. The van der Waals surface area contributed by atoms with E-state index in [4.69, 9.17) is 0 Å². The van der Waals surface area contributed by atoms with Gasteiger partial charge in [-0.1, -0.05) is 6.07 Å². The Bertz CT molecular complexity index is 1230. The van der Waals surface area contributed by atoms with E-state index in [2.05, 4.69) is 16.0 Å². The van der Waals surface area contributed by atoms with Gasteiger partial charge in [-0.3, -0.25) is 9.20 Å². The quantitative estimate of drug-likeness (QED) is 0.412. The number of rotatable bonds is 2. The maximum Gasteiger partial charge on any atom is 0.258 e. The van der Waals surface area contributed by atoms with Crippen LogP contribution in [-0.4, -0.2) is 25.2 Å². The van der Waals surface area contributed by atoms with E-state index in [1.54, 1.807) is 34.6 Å². The van der Waals surface area contributed by atoms with Crippen molar-refractivity contribution in [1.82, 2.24) is 18.9 Å². The second kappa shape index (κ2) is 5.76. The number of nitrogens with zero attached hydrogens (tertiary/aromatic N) is 5. The summed E-state index contributed by atoms with van der Waals surface area (Å²) in [6, 6.07) is 9.72. The summed E-state index contributed by atoms with van der Waals surface area (Å²) in [7, 11) is 1.73. The average Bonchev–Trinajstić information content (AvgIpc) is 3.12. The number of benzene rings is 1. The zero-order valence-electron chi connectivity index (χ0n) is 13.6. The number of aryl methyl sites for hydroxylation is 1. The lowest BCUT2D eigenvalue weighted by molar-refractivity contribution is 0.873. The van der Waals surface area contributed by atoms with Crippen LogP contribution in [0.15, 0.2) is 52.7 Å². The number of fused-ring (bicyclic) bond motifs is 2. The highest BCUT2D eigenvalue weighted by Gasteiger charge is 2.16. The first kappa shape index (κ1) is 15.4. The molecule has 0 radical (unpaired) electrons. The van der Waals surface area contributed by atoms with Crippen LogP contribution in [0.4, 0.5) is 0 Å². The Morgan fingerprint density at radius 2 is 2.08 bits per heavy atom. The molecule has 0 aliphatic carbocycles. The molecule has 3 aromatic heterocycles. The number of pyridine rings is 1. The zero-order valence-corrected chi connectivity index (χ0v) is 14.4. The molecule has 0 fully saturated rings. The van der Waals surface area contributed by atoms with Crippen molar-refractivity contribution < 1.29 is 0 Å². The number of hydrogen-bond acceptors (Lipinski definition) is 5. The number of thioether (sulfide) groups is 1. The summed E-state index contributed by atoms with van der Waals surface area (Å²) in [4.78, 5) is 21.2. The van der Waals surface area contributed by atoms with Crippen molar-refractivity contribution >= 4 is 28.2 Å². The van der Waals surface area contributed by atoms with Crippen molar-refractivity contribution in [3.63, 3.8) is 0 Å². The largest absolute Gasteiger partial charge is 0.318 e. The molecule has 25 heavy (non-hydrogen) atoms. The van der Waals surface area contributed by atoms with Crippen LogP contribution in [0.5, 0.6) is 0 Å². The van der Waals surface area contributed by atoms with E-state index in [-0.39, 0.29) is 5.56 Å². The maximum atomic E-state index is 12.2. The van der Waals surface area contributed by atoms with Crippen LogP contribution < -0.4 is 5.56 Å². The standard InChI is InChI=1S/C18H13N5OS/c1-22-7-5-11-9-12(3-4-13(11)18(22)24)15-21-17(25-2)14(10-19)16-20-6-8-23(15)16/h3-9H,1-2H3. The Kier molecular flexibility index (Phi) is 3.55. The number of imidazole rings is 1. The summed E-state index contributed by atoms with van der Waals surface area (Å²) in [6.45, 7) is 0. The molecule has 0 N–H and O–H groups in total. The number of hydrogen-bond donors (Lipinski definition) is 0. The van der Waals surface area contributed by atoms with Crippen LogP contribution >= 0.6 is 11.8 Å². The third-order valence-electron chi connectivity index (χ3n) is 4.16. The predicted octanol–water partition coefficient (Wildman–Crippen LogP) is 2.84. The molecule has 0 unspecified atom stereocenters. The van der Waals surface area contributed by atoms with Gasteiger partial charge in [-0.2, -0.15) is 5.26 Å². The summed E-state index contributed by atoms with van der Waals surface area (Å²) in [5, 5.41) is 11.6. The molecule has 4 rings (SSSR count). The summed E-state index contributed by atoms with van der Waals surface area (Å²) >= 11 is 1.41. The van der Waals surface area contributed by atoms with E-state index in [9.17, 15) is 10.1 Å². The van der Waals surface area contributed by atoms with Gasteiger partial charge in [0.25, 0.3) is 5.56 Å². The molecule has 7 heteroatoms. The molecule has 0 spiro atoms. The molecular weight excluding hydrogens is 334 g/mol. The minimum absolute atomic E-state index is 0.0329. The molecule has 0 saturated carbocycles. The van der Waals surface area contributed by atoms with E-state index in [1.165, 1.54) is 11.8 Å². The van der Waals surface area contributed by atoms with Crippen molar-refractivity contribution in [2.45, 2.75) is 5.03 Å². The normalized spacial score (nSPS) is 11.1. The lowest BCUT2D eigenvalue weighted by Gasteiger charge is -2.10. The number of nitriles is 1. The van der Waals surface area contributed by atoms with Gasteiger partial charge in [0.2, 0.25) is 0 Å². The summed E-state index contributed by atoms with van der Waals surface area (Å²) in [6.07, 6.45) is 7.08. The number of aromatic nitrogens is 4. The molecule has 3 heterocycles. The monoisotopic (exact) mass is 347 g/mol. The van der Waals surface area contributed by atoms with Gasteiger partial charge >= 0.3 is 0 Å². The van der Waals surface area contributed by atoms with Gasteiger partial charge in [0.15, 0.2) is 5.65 Å². The van der Waals surface area contributed by atoms with E-state index >= 15 is 0 Å². The Labute approximate surface area is 147 Å². The van der Waals surface area contributed by atoms with Gasteiger partial charge in [-0.15, -0.1) is 11.8 Å². The minimum atomic E-state index is -0.0329. The van der Waals surface area contributed by atoms with Gasteiger partial charge in [0.05, 0.1) is 0 Å². The van der Waals surface area contributed by atoms with Crippen LogP contribution in [0.1, 0.15) is 5.56 Å². The van der Waals surface area contributed by atoms with Gasteiger partial charge in [0.1, 0.15) is 22.5 Å². The third kappa shape index (κ3) is 2.30. The Hall–Kier alpha value is -3.11. The molecule has 0 atom stereocenters. The molecule has 122 valence electrons. The van der Waals surface area contributed by atoms with E-state index in [0.29, 0.717) is 27.4 Å². The van der Waals surface area contributed by atoms with Crippen LogP contribution in [0.25, 0.3) is 27.8 Å². The SMILES string of the molecule is CSc1nc(-c2ccc3c(=O)n(C)ccc3c2)n2ccnc2c1C#N. The van der Waals surface area contributed by atoms with Crippen molar-refractivity contribution in [1.29, 1.82) is 5.26 Å². The van der Waals surface area contributed by atoms with Crippen molar-refractivity contribution in [2.75, 3.05) is 6.26 Å². The zero-order chi connectivity index (χ0) is 17.6. The van der Waals surface area contributed by atoms with Crippen LogP contribution in [0, 0.1) is 11.3 Å². The first-order valence-corrected chi connectivity index (χ1v) is 8.77. The first-order valence-electron chi connectivity index (χ1n) is 7.55. The summed E-state index contributed by atoms with van der Waals surface area (Å²) < 4.78 is 3.36. The third-order valence-corrected chi connectivity index (χ3v) is 4.84. The van der Waals surface area contributed by atoms with Crippen LogP contribution in [0.3, 0.4) is 0 Å². The minimum Gasteiger partial charge on any atom is -0.318 e. The van der Waals surface area contributed by atoms with Gasteiger partial charge < -0.3 is 4.57 Å². The lowest BCUT2D eigenvalue weighted by Crippen LogP contribution is -2.15. The van der Waals surface area contributed by atoms with E-state index in [0.717, 1.165) is 10.9 Å². The van der Waals surface area contributed by atoms with Crippen molar-refractivity contribution in [3.05, 3.63) is 58.8 Å². The average molecular weight is 347 g/mol. The molecule has 1 aromatic carbocycles. The van der Waals surface area contributed by atoms with Crippen LogP contribution in [-0.2, 0) is 7.05 Å². The molecule has 0 bridgehead atoms. The highest BCUT2D eigenvalue weighted by Crippen LogP contribution is 2.28. The van der Waals surface area contributed by atoms with Crippen molar-refractivity contribution in [2.24, 2.45) is 7.05 Å². The predicted molar refractivity (Wildman–Crippen MR) is 97.7 cm³/mol. The second-order valence-corrected chi connectivity index (χ2v) is 6.38. The Morgan fingerprint density at radius 1 is 1.24 bits per heavy atom. The lowest BCUT2D eigenvalue weighted by atomic mass is 10.1. The fourth-order valence-corrected chi connectivity index (χ4v) is 3.41. The fraction of sp³-hybridized carbons (Fsp3) is 0.111. The highest BCUT2D eigenvalue weighted by atomic mass is 32.2. The summed E-state index contributed by atoms with van der Waals surface area (Å²) in [5.74, 6) is 0.693. The molecular formula is C18H13N5OS. The second-order valence-electron chi connectivity index (χ2n) is 5.59. The van der Waals surface area contributed by atoms with Gasteiger partial charge in [0, 0.05) is 36.6 Å². The molecule has 0 saturated heterocycles. The first-order chi connectivity index (χ1) is 12.1. The molecule has 4 aromatic rings. The Morgan fingerprint density at radius 3 is 2.84 bits per heavy atom. The highest BCUT2D eigenvalue weighted by molar-refractivity contribution is 7.98. The topological polar surface area (TPSA) is 76.0 Å². The van der Waals surface area contributed by atoms with Gasteiger partial charge in [-0.05, 0) is 29.8 Å². The molecule has 0 aliphatic rings. The van der Waals surface area contributed by atoms with E-state index in [1.807, 2.05) is 30.5 Å². The fourth-order valence-electron chi connectivity index (χ4n) is 2.89. The van der Waals surface area contributed by atoms with Crippen molar-refractivity contribution in [3.8, 4) is 17.5 Å². The molecule has 6 nitrogen and oxygen atoms in total. The summed E-state index contributed by atoms with van der Waals surface area (Å²) in [5.41, 5.74) is 1.88. The van der Waals surface area contributed by atoms with Crippen LogP contribution in [0.2, 0.25) is 0 Å². The smallest absolute Gasteiger partial charge is 0.258 e. The Balaban J connectivity index is 2.04. The van der Waals surface area contributed by atoms with Gasteiger partial charge in [-0.25, -0.2) is 9.97 Å². The van der Waals surface area contributed by atoms with E-state index < -0.39 is 0 Å². The molecule has 0 amide bonds.